The first kappa shape index (κ1) is 17.7. The Hall–Kier alpha value is -2.31. The summed E-state index contributed by atoms with van der Waals surface area (Å²) in [5, 5.41) is 27.7. The lowest BCUT2D eigenvalue weighted by atomic mass is 10.1. The first-order chi connectivity index (χ1) is 10.1. The van der Waals surface area contributed by atoms with Crippen molar-refractivity contribution in [2.75, 3.05) is 0 Å². The van der Waals surface area contributed by atoms with Crippen LogP contribution in [-0.2, 0) is 4.57 Å². The van der Waals surface area contributed by atoms with Gasteiger partial charge in [-0.1, -0.05) is 24.3 Å². The fourth-order valence-corrected chi connectivity index (χ4v) is 1.49. The van der Waals surface area contributed by atoms with E-state index in [0.29, 0.717) is 5.56 Å². The van der Waals surface area contributed by atoms with E-state index in [2.05, 4.69) is 0 Å². The number of benzene rings is 2. The molecule has 0 saturated heterocycles. The molecule has 0 heterocycles. The molecular formula is C14H15O7P. The zero-order chi connectivity index (χ0) is 16.8. The molecular weight excluding hydrogens is 311 g/mol. The quantitative estimate of drug-likeness (QED) is 0.367. The lowest BCUT2D eigenvalue weighted by Gasteiger charge is -1.98. The second-order valence-electron chi connectivity index (χ2n) is 4.22. The summed E-state index contributed by atoms with van der Waals surface area (Å²) in [6.45, 7) is 0. The third kappa shape index (κ3) is 8.08. The van der Waals surface area contributed by atoms with Gasteiger partial charge in [0.15, 0.2) is 0 Å². The van der Waals surface area contributed by atoms with Crippen molar-refractivity contribution in [1.82, 2.24) is 0 Å². The zero-order valence-corrected chi connectivity index (χ0v) is 12.1. The van der Waals surface area contributed by atoms with Crippen LogP contribution in [0.3, 0.4) is 0 Å². The molecule has 0 atom stereocenters. The summed E-state index contributed by atoms with van der Waals surface area (Å²) in [6, 6.07) is 11.1. The van der Waals surface area contributed by atoms with Crippen LogP contribution in [0, 0.1) is 0 Å². The second kappa shape index (κ2) is 7.63. The van der Waals surface area contributed by atoms with Crippen LogP contribution in [0.15, 0.2) is 42.5 Å². The molecule has 22 heavy (non-hydrogen) atoms. The van der Waals surface area contributed by atoms with E-state index in [0.717, 1.165) is 5.56 Å². The summed E-state index contributed by atoms with van der Waals surface area (Å²) in [5.74, 6) is 0.267. The van der Waals surface area contributed by atoms with Gasteiger partial charge in [0, 0.05) is 6.07 Å². The van der Waals surface area contributed by atoms with E-state index in [-0.39, 0.29) is 17.2 Å². The Kier molecular flexibility index (Phi) is 6.15. The lowest BCUT2D eigenvalue weighted by Crippen LogP contribution is -1.74. The van der Waals surface area contributed by atoms with Crippen molar-refractivity contribution in [2.45, 2.75) is 0 Å². The Morgan fingerprint density at radius 2 is 1.09 bits per heavy atom. The van der Waals surface area contributed by atoms with Crippen LogP contribution in [-0.4, -0.2) is 30.0 Å². The third-order valence-corrected chi connectivity index (χ3v) is 2.29. The molecule has 118 valence electrons. The van der Waals surface area contributed by atoms with Gasteiger partial charge >= 0.3 is 7.82 Å². The maximum atomic E-state index is 9.30. The molecule has 0 aliphatic rings. The van der Waals surface area contributed by atoms with Crippen molar-refractivity contribution in [3.63, 3.8) is 0 Å². The van der Waals surface area contributed by atoms with Gasteiger partial charge in [-0.3, -0.25) is 0 Å². The minimum Gasteiger partial charge on any atom is -0.508 e. The Balaban J connectivity index is 0.000000422. The number of phenolic OH excluding ortho intramolecular Hbond substituents is 3. The van der Waals surface area contributed by atoms with Gasteiger partial charge < -0.3 is 30.0 Å². The van der Waals surface area contributed by atoms with Crippen molar-refractivity contribution in [2.24, 2.45) is 0 Å². The van der Waals surface area contributed by atoms with E-state index in [1.54, 1.807) is 42.5 Å². The molecule has 0 unspecified atom stereocenters. The molecule has 2 aromatic carbocycles. The molecule has 0 saturated carbocycles. The predicted octanol–water partition coefficient (Wildman–Crippen LogP) is 2.05. The van der Waals surface area contributed by atoms with Crippen LogP contribution in [0.5, 0.6) is 17.2 Å². The molecule has 8 heteroatoms. The van der Waals surface area contributed by atoms with Crippen LogP contribution >= 0.6 is 7.82 Å². The minimum atomic E-state index is -4.64. The minimum absolute atomic E-state index is 0.0235. The number of rotatable bonds is 2. The molecule has 2 aromatic rings. The zero-order valence-electron chi connectivity index (χ0n) is 11.2. The molecule has 0 fully saturated rings. The molecule has 0 spiro atoms. The van der Waals surface area contributed by atoms with Gasteiger partial charge in [0.05, 0.1) is 0 Å². The molecule has 0 aromatic heterocycles. The van der Waals surface area contributed by atoms with Crippen LogP contribution < -0.4 is 0 Å². The lowest BCUT2D eigenvalue weighted by molar-refractivity contribution is 0.275. The van der Waals surface area contributed by atoms with E-state index in [9.17, 15) is 10.2 Å². The molecule has 0 amide bonds. The summed E-state index contributed by atoms with van der Waals surface area (Å²) < 4.78 is 8.88. The van der Waals surface area contributed by atoms with E-state index < -0.39 is 7.82 Å². The molecule has 0 radical (unpaired) electrons. The number of phenols is 3. The molecule has 6 N–H and O–H groups in total. The molecule has 2 rings (SSSR count). The van der Waals surface area contributed by atoms with E-state index in [4.69, 9.17) is 24.4 Å². The summed E-state index contributed by atoms with van der Waals surface area (Å²) >= 11 is 0. The van der Waals surface area contributed by atoms with Gasteiger partial charge in [-0.05, 0) is 35.4 Å². The maximum Gasteiger partial charge on any atom is 0.466 e. The van der Waals surface area contributed by atoms with E-state index in [1.165, 1.54) is 6.07 Å². The second-order valence-corrected chi connectivity index (χ2v) is 5.25. The summed E-state index contributed by atoms with van der Waals surface area (Å²) in [4.78, 5) is 21.6. The van der Waals surface area contributed by atoms with Crippen LogP contribution in [0.4, 0.5) is 0 Å². The van der Waals surface area contributed by atoms with E-state index in [1.807, 2.05) is 6.08 Å². The monoisotopic (exact) mass is 326 g/mol. The van der Waals surface area contributed by atoms with Gasteiger partial charge in [-0.25, -0.2) is 4.57 Å². The van der Waals surface area contributed by atoms with Crippen molar-refractivity contribution < 1.29 is 34.6 Å². The highest BCUT2D eigenvalue weighted by Crippen LogP contribution is 2.25. The summed E-state index contributed by atoms with van der Waals surface area (Å²) in [7, 11) is -4.64. The number of aromatic hydroxyl groups is 3. The number of phosphoric acid groups is 1. The van der Waals surface area contributed by atoms with Crippen LogP contribution in [0.1, 0.15) is 11.1 Å². The molecule has 0 aliphatic carbocycles. The fraction of sp³-hybridized carbons (Fsp3) is 0. The molecule has 0 aliphatic heterocycles. The largest absolute Gasteiger partial charge is 0.508 e. The molecule has 7 nitrogen and oxygen atoms in total. The van der Waals surface area contributed by atoms with Gasteiger partial charge in [-0.15, -0.1) is 0 Å². The normalized spacial score (nSPS) is 11.0. The van der Waals surface area contributed by atoms with Crippen LogP contribution in [0.2, 0.25) is 0 Å². The van der Waals surface area contributed by atoms with Crippen molar-refractivity contribution in [1.29, 1.82) is 0 Å². The van der Waals surface area contributed by atoms with Gasteiger partial charge in [-0.2, -0.15) is 0 Å². The predicted molar refractivity (Wildman–Crippen MR) is 81.1 cm³/mol. The van der Waals surface area contributed by atoms with Crippen molar-refractivity contribution in [3.8, 4) is 17.2 Å². The van der Waals surface area contributed by atoms with Gasteiger partial charge in [0.2, 0.25) is 0 Å². The highest BCUT2D eigenvalue weighted by molar-refractivity contribution is 7.45. The average molecular weight is 326 g/mol. The average Bonchev–Trinajstić information content (AvgIpc) is 2.35. The Labute approximate surface area is 126 Å². The summed E-state index contributed by atoms with van der Waals surface area (Å²) in [6.07, 6.45) is 3.60. The smallest absolute Gasteiger partial charge is 0.466 e. The summed E-state index contributed by atoms with van der Waals surface area (Å²) in [5.41, 5.74) is 1.63. The number of hydrogen-bond acceptors (Lipinski definition) is 4. The SMILES string of the molecule is O=P(O)(O)O.Oc1ccc(/C=C/c2cc(O)cc(O)c2)cc1. The Bertz CT molecular complexity index is 660. The fourth-order valence-electron chi connectivity index (χ4n) is 1.49. The third-order valence-electron chi connectivity index (χ3n) is 2.29. The molecule has 0 bridgehead atoms. The Morgan fingerprint density at radius 1 is 0.682 bits per heavy atom. The van der Waals surface area contributed by atoms with Gasteiger partial charge in [0.25, 0.3) is 0 Å². The van der Waals surface area contributed by atoms with Crippen molar-refractivity contribution in [3.05, 3.63) is 53.6 Å². The maximum absolute atomic E-state index is 9.30. The standard InChI is InChI=1S/C14H12O3.H3O4P/c15-12-5-3-10(4-6-12)1-2-11-7-13(16)9-14(17)8-11;1-5(2,3)4/h1-9,15-17H;(H3,1,2,3,4)/b2-1+;. The van der Waals surface area contributed by atoms with Gasteiger partial charge in [0.1, 0.15) is 17.2 Å². The number of hydrogen-bond donors (Lipinski definition) is 6. The first-order valence-electron chi connectivity index (χ1n) is 5.92. The highest BCUT2D eigenvalue weighted by Gasteiger charge is 2.00. The van der Waals surface area contributed by atoms with Crippen molar-refractivity contribution >= 4 is 20.0 Å². The topological polar surface area (TPSA) is 138 Å². The first-order valence-corrected chi connectivity index (χ1v) is 7.48. The highest BCUT2D eigenvalue weighted by atomic mass is 31.2. The van der Waals surface area contributed by atoms with E-state index >= 15 is 0 Å². The Morgan fingerprint density at radius 3 is 1.55 bits per heavy atom. The van der Waals surface area contributed by atoms with Crippen LogP contribution in [0.25, 0.3) is 12.2 Å².